The number of furan rings is 1. The molecule has 0 unspecified atom stereocenters. The molecular weight excluding hydrogens is 324 g/mol. The van der Waals surface area contributed by atoms with Crippen LogP contribution >= 0.6 is 11.3 Å². The molecule has 2 aromatic rings. The number of carbonyl (C=O) groups is 1. The molecule has 0 aliphatic carbocycles. The van der Waals surface area contributed by atoms with Crippen molar-refractivity contribution in [3.8, 4) is 0 Å². The predicted molar refractivity (Wildman–Crippen MR) is 94.2 cm³/mol. The number of aromatic nitrogens is 1. The number of rotatable bonds is 7. The third-order valence-corrected chi connectivity index (χ3v) is 5.06. The lowest BCUT2D eigenvalue weighted by atomic mass is 10.2. The molecular formula is C17H24N4O2S. The van der Waals surface area contributed by atoms with Gasteiger partial charge in [0.1, 0.15) is 5.76 Å². The van der Waals surface area contributed by atoms with Gasteiger partial charge in [0.2, 0.25) is 0 Å². The molecule has 2 aromatic heterocycles. The number of nitrogens with one attached hydrogen (secondary N) is 2. The van der Waals surface area contributed by atoms with Gasteiger partial charge >= 0.3 is 6.03 Å². The first-order valence-corrected chi connectivity index (χ1v) is 9.30. The summed E-state index contributed by atoms with van der Waals surface area (Å²) in [5.41, 5.74) is 1.03. The van der Waals surface area contributed by atoms with Crippen molar-refractivity contribution < 1.29 is 9.21 Å². The molecule has 0 aromatic carbocycles. The van der Waals surface area contributed by atoms with Crippen LogP contribution < -0.4 is 10.6 Å². The SMILES string of the molecule is Cc1nc(CCNC(=O)NC[C@H](c2ccco2)N2CCCC2)cs1. The van der Waals surface area contributed by atoms with Crippen LogP contribution in [0.2, 0.25) is 0 Å². The van der Waals surface area contributed by atoms with E-state index in [9.17, 15) is 4.79 Å². The van der Waals surface area contributed by atoms with Gasteiger partial charge in [-0.1, -0.05) is 0 Å². The number of carbonyl (C=O) groups excluding carboxylic acids is 1. The van der Waals surface area contributed by atoms with Crippen LogP contribution in [-0.2, 0) is 6.42 Å². The minimum Gasteiger partial charge on any atom is -0.468 e. The minimum absolute atomic E-state index is 0.106. The third-order valence-electron chi connectivity index (χ3n) is 4.24. The lowest BCUT2D eigenvalue weighted by Crippen LogP contribution is -2.42. The van der Waals surface area contributed by atoms with Gasteiger partial charge in [0.25, 0.3) is 0 Å². The van der Waals surface area contributed by atoms with E-state index in [-0.39, 0.29) is 12.1 Å². The van der Waals surface area contributed by atoms with Crippen LogP contribution in [0.5, 0.6) is 0 Å². The summed E-state index contributed by atoms with van der Waals surface area (Å²) >= 11 is 1.63. The summed E-state index contributed by atoms with van der Waals surface area (Å²) in [7, 11) is 0. The van der Waals surface area contributed by atoms with E-state index in [2.05, 4.69) is 20.5 Å². The quantitative estimate of drug-likeness (QED) is 0.807. The molecule has 2 amide bonds. The zero-order valence-corrected chi connectivity index (χ0v) is 14.8. The second kappa shape index (κ2) is 8.30. The van der Waals surface area contributed by atoms with Crippen molar-refractivity contribution in [1.82, 2.24) is 20.5 Å². The van der Waals surface area contributed by atoms with E-state index in [1.54, 1.807) is 17.6 Å². The second-order valence-corrected chi connectivity index (χ2v) is 7.08. The smallest absolute Gasteiger partial charge is 0.314 e. The molecule has 2 N–H and O–H groups in total. The van der Waals surface area contributed by atoms with Gasteiger partial charge in [-0.15, -0.1) is 11.3 Å². The molecule has 130 valence electrons. The lowest BCUT2D eigenvalue weighted by molar-refractivity contribution is 0.203. The number of hydrogen-bond donors (Lipinski definition) is 2. The Hall–Kier alpha value is -1.86. The van der Waals surface area contributed by atoms with Crippen LogP contribution in [0, 0.1) is 6.92 Å². The van der Waals surface area contributed by atoms with Crippen LogP contribution in [0.4, 0.5) is 4.79 Å². The van der Waals surface area contributed by atoms with Gasteiger partial charge in [-0.2, -0.15) is 0 Å². The van der Waals surface area contributed by atoms with Crippen molar-refractivity contribution in [1.29, 1.82) is 0 Å². The number of urea groups is 1. The fourth-order valence-corrected chi connectivity index (χ4v) is 3.67. The molecule has 1 saturated heterocycles. The molecule has 0 bridgehead atoms. The van der Waals surface area contributed by atoms with Crippen LogP contribution in [-0.4, -0.2) is 42.1 Å². The number of likely N-dealkylation sites (tertiary alicyclic amines) is 1. The highest BCUT2D eigenvalue weighted by Gasteiger charge is 2.25. The molecule has 6 nitrogen and oxygen atoms in total. The Labute approximate surface area is 146 Å². The summed E-state index contributed by atoms with van der Waals surface area (Å²) in [5.74, 6) is 0.912. The molecule has 1 aliphatic rings. The Kier molecular flexibility index (Phi) is 5.87. The van der Waals surface area contributed by atoms with E-state index in [0.29, 0.717) is 13.1 Å². The van der Waals surface area contributed by atoms with E-state index in [1.165, 1.54) is 12.8 Å². The molecule has 1 aliphatic heterocycles. The fraction of sp³-hybridized carbons (Fsp3) is 0.529. The Morgan fingerprint density at radius 3 is 2.92 bits per heavy atom. The highest BCUT2D eigenvalue weighted by molar-refractivity contribution is 7.09. The van der Waals surface area contributed by atoms with Crippen LogP contribution in [0.15, 0.2) is 28.2 Å². The van der Waals surface area contributed by atoms with Gasteiger partial charge in [0.15, 0.2) is 0 Å². The molecule has 0 radical (unpaired) electrons. The monoisotopic (exact) mass is 348 g/mol. The van der Waals surface area contributed by atoms with Crippen LogP contribution in [0.25, 0.3) is 0 Å². The average molecular weight is 348 g/mol. The Bertz CT molecular complexity index is 635. The summed E-state index contributed by atoms with van der Waals surface area (Å²) in [6.07, 6.45) is 4.85. The van der Waals surface area contributed by atoms with Crippen molar-refractivity contribution in [2.24, 2.45) is 0 Å². The molecule has 3 rings (SSSR count). The van der Waals surface area contributed by atoms with Gasteiger partial charge in [-0.3, -0.25) is 4.90 Å². The van der Waals surface area contributed by atoms with E-state index in [4.69, 9.17) is 4.42 Å². The summed E-state index contributed by atoms with van der Waals surface area (Å²) < 4.78 is 5.56. The molecule has 0 saturated carbocycles. The van der Waals surface area contributed by atoms with Crippen LogP contribution in [0.1, 0.15) is 35.3 Å². The standard InChI is InChI=1S/C17H24N4O2S/c1-13-20-14(12-24-13)6-7-18-17(22)19-11-15(16-5-4-10-23-16)21-8-2-3-9-21/h4-5,10,12,15H,2-3,6-9,11H2,1H3,(H2,18,19,22)/t15-/m1/s1. The maximum atomic E-state index is 12.0. The van der Waals surface area contributed by atoms with Gasteiger partial charge in [-0.05, 0) is 45.0 Å². The van der Waals surface area contributed by atoms with E-state index >= 15 is 0 Å². The molecule has 24 heavy (non-hydrogen) atoms. The largest absolute Gasteiger partial charge is 0.468 e. The zero-order valence-electron chi connectivity index (χ0n) is 14.0. The fourth-order valence-electron chi connectivity index (χ4n) is 3.02. The predicted octanol–water partition coefficient (Wildman–Crippen LogP) is 2.72. The average Bonchev–Trinajstić information content (AvgIpc) is 3.30. The summed E-state index contributed by atoms with van der Waals surface area (Å²) in [5, 5.41) is 8.96. The van der Waals surface area contributed by atoms with Gasteiger partial charge < -0.3 is 15.1 Å². The van der Waals surface area contributed by atoms with Crippen molar-refractivity contribution >= 4 is 17.4 Å². The van der Waals surface area contributed by atoms with Crippen molar-refractivity contribution in [3.63, 3.8) is 0 Å². The molecule has 3 heterocycles. The normalized spacial score (nSPS) is 16.2. The number of hydrogen-bond acceptors (Lipinski definition) is 5. The summed E-state index contributed by atoms with van der Waals surface area (Å²) in [6, 6.07) is 3.84. The Morgan fingerprint density at radius 2 is 2.25 bits per heavy atom. The maximum absolute atomic E-state index is 12.0. The first kappa shape index (κ1) is 17.0. The Balaban J connectivity index is 1.44. The van der Waals surface area contributed by atoms with Gasteiger partial charge in [0, 0.05) is 24.9 Å². The van der Waals surface area contributed by atoms with Crippen LogP contribution in [0.3, 0.4) is 0 Å². The first-order chi connectivity index (χ1) is 11.7. The Morgan fingerprint density at radius 1 is 1.42 bits per heavy atom. The molecule has 7 heteroatoms. The highest BCUT2D eigenvalue weighted by atomic mass is 32.1. The molecule has 0 spiro atoms. The van der Waals surface area contributed by atoms with Gasteiger partial charge in [0.05, 0.1) is 23.0 Å². The number of nitrogens with zero attached hydrogens (tertiary/aromatic N) is 2. The van der Waals surface area contributed by atoms with E-state index in [0.717, 1.165) is 36.0 Å². The molecule has 1 fully saturated rings. The summed E-state index contributed by atoms with van der Waals surface area (Å²) in [4.78, 5) is 18.8. The van der Waals surface area contributed by atoms with E-state index < -0.39 is 0 Å². The zero-order chi connectivity index (χ0) is 16.8. The summed E-state index contributed by atoms with van der Waals surface area (Å²) in [6.45, 7) is 5.23. The highest BCUT2D eigenvalue weighted by Crippen LogP contribution is 2.24. The number of aryl methyl sites for hydroxylation is 1. The maximum Gasteiger partial charge on any atom is 0.314 e. The van der Waals surface area contributed by atoms with Crippen molar-refractivity contribution in [2.75, 3.05) is 26.2 Å². The minimum atomic E-state index is -0.141. The van der Waals surface area contributed by atoms with Crippen molar-refractivity contribution in [3.05, 3.63) is 40.2 Å². The number of amides is 2. The lowest BCUT2D eigenvalue weighted by Gasteiger charge is -2.26. The third kappa shape index (κ3) is 4.58. The first-order valence-electron chi connectivity index (χ1n) is 8.42. The second-order valence-electron chi connectivity index (χ2n) is 6.02. The topological polar surface area (TPSA) is 70.4 Å². The number of thiazole rings is 1. The molecule has 1 atom stereocenters. The van der Waals surface area contributed by atoms with Gasteiger partial charge in [-0.25, -0.2) is 9.78 Å². The van der Waals surface area contributed by atoms with Crippen molar-refractivity contribution in [2.45, 2.75) is 32.2 Å². The van der Waals surface area contributed by atoms with E-state index in [1.807, 2.05) is 24.4 Å².